The lowest BCUT2D eigenvalue weighted by atomic mass is 10.2. The van der Waals surface area contributed by atoms with Gasteiger partial charge in [-0.25, -0.2) is 0 Å². The molecule has 3 aromatic rings. The molecule has 0 atom stereocenters. The third-order valence-electron chi connectivity index (χ3n) is 3.32. The van der Waals surface area contributed by atoms with Gasteiger partial charge in [-0.3, -0.25) is 9.97 Å². The Labute approximate surface area is 139 Å². The summed E-state index contributed by atoms with van der Waals surface area (Å²) in [6.07, 6.45) is 3.62. The molecular formula is C16H11BrN2O2S. The van der Waals surface area contributed by atoms with E-state index in [1.807, 2.05) is 35.8 Å². The first kappa shape index (κ1) is 13.7. The molecular weight excluding hydrogens is 364 g/mol. The number of ether oxygens (including phenoxy) is 2. The smallest absolute Gasteiger partial charge is 0.180 e. The van der Waals surface area contributed by atoms with Crippen molar-refractivity contribution < 1.29 is 9.47 Å². The first-order valence-electron chi connectivity index (χ1n) is 6.77. The van der Waals surface area contributed by atoms with Crippen LogP contribution in [-0.4, -0.2) is 23.2 Å². The van der Waals surface area contributed by atoms with Crippen molar-refractivity contribution in [3.8, 4) is 33.3 Å². The molecule has 1 aliphatic heterocycles. The van der Waals surface area contributed by atoms with Gasteiger partial charge in [-0.2, -0.15) is 0 Å². The van der Waals surface area contributed by atoms with Gasteiger partial charge in [-0.05, 0) is 40.2 Å². The number of halogens is 1. The summed E-state index contributed by atoms with van der Waals surface area (Å²) in [5, 5.41) is 1.98. The molecule has 0 unspecified atom stereocenters. The van der Waals surface area contributed by atoms with E-state index in [-0.39, 0.29) is 0 Å². The number of fused-ring (bicyclic) bond motifs is 1. The summed E-state index contributed by atoms with van der Waals surface area (Å²) in [6.45, 7) is 1.20. The number of nitrogens with zero attached hydrogens (tertiary/aromatic N) is 2. The topological polar surface area (TPSA) is 44.2 Å². The molecule has 110 valence electrons. The van der Waals surface area contributed by atoms with E-state index in [0.717, 1.165) is 37.8 Å². The number of rotatable bonds is 2. The van der Waals surface area contributed by atoms with Crippen molar-refractivity contribution in [1.82, 2.24) is 9.97 Å². The lowest BCUT2D eigenvalue weighted by Gasteiger charge is -2.16. The lowest BCUT2D eigenvalue weighted by Crippen LogP contribution is -2.14. The first-order chi connectivity index (χ1) is 10.8. The Morgan fingerprint density at radius 1 is 0.955 bits per heavy atom. The highest BCUT2D eigenvalue weighted by Crippen LogP contribution is 2.45. The Hall–Kier alpha value is -1.92. The summed E-state index contributed by atoms with van der Waals surface area (Å²) < 4.78 is 12.3. The fourth-order valence-corrected chi connectivity index (χ4v) is 3.43. The summed E-state index contributed by atoms with van der Waals surface area (Å²) >= 11 is 4.99. The molecule has 0 bridgehead atoms. The summed E-state index contributed by atoms with van der Waals surface area (Å²) in [5.74, 6) is 1.65. The van der Waals surface area contributed by atoms with Crippen molar-refractivity contribution in [2.24, 2.45) is 0 Å². The maximum Gasteiger partial charge on any atom is 0.180 e. The third kappa shape index (κ3) is 2.48. The van der Waals surface area contributed by atoms with E-state index in [0.29, 0.717) is 13.2 Å². The minimum Gasteiger partial charge on any atom is -0.485 e. The standard InChI is InChI=1S/C16H11BrN2O2S/c17-11-2-4-13(19-8-11)12-3-1-10(7-18-12)16-15-14(9-22-16)20-5-6-21-15/h1-4,7-9H,5-6H2. The molecule has 3 aromatic heterocycles. The van der Waals surface area contributed by atoms with Crippen LogP contribution in [-0.2, 0) is 0 Å². The molecule has 0 amide bonds. The summed E-state index contributed by atoms with van der Waals surface area (Å²) in [7, 11) is 0. The molecule has 0 fully saturated rings. The normalized spacial score (nSPS) is 13.1. The van der Waals surface area contributed by atoms with Gasteiger partial charge in [0.1, 0.15) is 13.2 Å². The third-order valence-corrected chi connectivity index (χ3v) is 4.77. The number of hydrogen-bond acceptors (Lipinski definition) is 5. The van der Waals surface area contributed by atoms with Crippen LogP contribution in [0.15, 0.2) is 46.5 Å². The average molecular weight is 375 g/mol. The van der Waals surface area contributed by atoms with Crippen molar-refractivity contribution in [2.75, 3.05) is 13.2 Å². The number of pyridine rings is 2. The van der Waals surface area contributed by atoms with Crippen LogP contribution in [0, 0.1) is 0 Å². The summed E-state index contributed by atoms with van der Waals surface area (Å²) in [4.78, 5) is 9.93. The molecule has 0 saturated carbocycles. The largest absolute Gasteiger partial charge is 0.485 e. The summed E-state index contributed by atoms with van der Waals surface area (Å²) in [5.41, 5.74) is 2.72. The van der Waals surface area contributed by atoms with Crippen LogP contribution in [0.2, 0.25) is 0 Å². The van der Waals surface area contributed by atoms with Crippen molar-refractivity contribution in [3.63, 3.8) is 0 Å². The second-order valence-electron chi connectivity index (χ2n) is 4.75. The van der Waals surface area contributed by atoms with Gasteiger partial charge in [0.15, 0.2) is 11.5 Å². The fraction of sp³-hybridized carbons (Fsp3) is 0.125. The van der Waals surface area contributed by atoms with Gasteiger partial charge < -0.3 is 9.47 Å². The molecule has 4 nitrogen and oxygen atoms in total. The van der Waals surface area contributed by atoms with Gasteiger partial charge >= 0.3 is 0 Å². The van der Waals surface area contributed by atoms with E-state index in [2.05, 4.69) is 25.9 Å². The Morgan fingerprint density at radius 3 is 2.45 bits per heavy atom. The molecule has 0 aliphatic carbocycles. The highest BCUT2D eigenvalue weighted by atomic mass is 79.9. The van der Waals surface area contributed by atoms with Gasteiger partial charge in [-0.1, -0.05) is 0 Å². The van der Waals surface area contributed by atoms with Crippen LogP contribution in [0.1, 0.15) is 0 Å². The molecule has 4 heterocycles. The highest BCUT2D eigenvalue weighted by molar-refractivity contribution is 9.10. The molecule has 22 heavy (non-hydrogen) atoms. The van der Waals surface area contributed by atoms with Crippen molar-refractivity contribution in [3.05, 3.63) is 46.5 Å². The Kier molecular flexibility index (Phi) is 3.56. The van der Waals surface area contributed by atoms with Crippen LogP contribution < -0.4 is 9.47 Å². The van der Waals surface area contributed by atoms with Crippen molar-refractivity contribution in [2.45, 2.75) is 0 Å². The molecule has 4 rings (SSSR count). The minimum absolute atomic E-state index is 0.588. The highest BCUT2D eigenvalue weighted by Gasteiger charge is 2.19. The molecule has 6 heteroatoms. The maximum atomic E-state index is 5.72. The van der Waals surface area contributed by atoms with Gasteiger partial charge in [0, 0.05) is 27.8 Å². The Bertz CT molecular complexity index is 800. The number of aromatic nitrogens is 2. The first-order valence-corrected chi connectivity index (χ1v) is 8.44. The predicted molar refractivity (Wildman–Crippen MR) is 89.5 cm³/mol. The zero-order valence-corrected chi connectivity index (χ0v) is 13.9. The van der Waals surface area contributed by atoms with E-state index in [1.54, 1.807) is 17.5 Å². The molecule has 0 radical (unpaired) electrons. The molecule has 0 saturated heterocycles. The van der Waals surface area contributed by atoms with Gasteiger partial charge in [0.05, 0.1) is 16.3 Å². The zero-order valence-electron chi connectivity index (χ0n) is 11.5. The molecule has 1 aliphatic rings. The molecule has 0 aromatic carbocycles. The lowest BCUT2D eigenvalue weighted by molar-refractivity contribution is 0.174. The van der Waals surface area contributed by atoms with E-state index >= 15 is 0 Å². The van der Waals surface area contributed by atoms with E-state index < -0.39 is 0 Å². The SMILES string of the molecule is Brc1ccc(-c2ccc(-c3scc4c3OCCO4)cn2)nc1. The van der Waals surface area contributed by atoms with Gasteiger partial charge in [-0.15, -0.1) is 11.3 Å². The number of hydrogen-bond donors (Lipinski definition) is 0. The predicted octanol–water partition coefficient (Wildman–Crippen LogP) is 4.41. The molecule has 0 spiro atoms. The van der Waals surface area contributed by atoms with E-state index in [9.17, 15) is 0 Å². The monoisotopic (exact) mass is 374 g/mol. The van der Waals surface area contributed by atoms with Crippen LogP contribution in [0.4, 0.5) is 0 Å². The Balaban J connectivity index is 1.67. The average Bonchev–Trinajstić information content (AvgIpc) is 3.00. The van der Waals surface area contributed by atoms with Crippen LogP contribution in [0.5, 0.6) is 11.5 Å². The van der Waals surface area contributed by atoms with Gasteiger partial charge in [0.25, 0.3) is 0 Å². The second-order valence-corrected chi connectivity index (χ2v) is 6.54. The van der Waals surface area contributed by atoms with Crippen molar-refractivity contribution in [1.29, 1.82) is 0 Å². The van der Waals surface area contributed by atoms with E-state index in [1.165, 1.54) is 0 Å². The fourth-order valence-electron chi connectivity index (χ4n) is 2.27. The second kappa shape index (κ2) is 5.70. The minimum atomic E-state index is 0.588. The Morgan fingerprint density at radius 2 is 1.73 bits per heavy atom. The van der Waals surface area contributed by atoms with Crippen LogP contribution in [0.3, 0.4) is 0 Å². The quantitative estimate of drug-likeness (QED) is 0.666. The molecule has 0 N–H and O–H groups in total. The van der Waals surface area contributed by atoms with Crippen molar-refractivity contribution >= 4 is 27.3 Å². The van der Waals surface area contributed by atoms with Crippen LogP contribution in [0.25, 0.3) is 21.8 Å². The summed E-state index contributed by atoms with van der Waals surface area (Å²) in [6, 6.07) is 7.91. The maximum absolute atomic E-state index is 5.72. The van der Waals surface area contributed by atoms with E-state index in [4.69, 9.17) is 9.47 Å². The zero-order chi connectivity index (χ0) is 14.9. The van der Waals surface area contributed by atoms with Crippen LogP contribution >= 0.6 is 27.3 Å². The van der Waals surface area contributed by atoms with Gasteiger partial charge in [0.2, 0.25) is 0 Å². The number of thiophene rings is 1.